The minimum Gasteiger partial charge on any atom is -0.439 e. The zero-order valence-corrected chi connectivity index (χ0v) is 27.3. The van der Waals surface area contributed by atoms with Gasteiger partial charge in [0.05, 0.1) is 34.7 Å². The molecular formula is C34H31BrN8O4. The van der Waals surface area contributed by atoms with E-state index in [2.05, 4.69) is 55.0 Å². The summed E-state index contributed by atoms with van der Waals surface area (Å²) in [5.41, 5.74) is 1.96. The molecule has 0 aliphatic carbocycles. The lowest BCUT2D eigenvalue weighted by Crippen LogP contribution is -2.57. The van der Waals surface area contributed by atoms with Crippen molar-refractivity contribution < 1.29 is 9.21 Å². The van der Waals surface area contributed by atoms with Crippen LogP contribution in [0.15, 0.2) is 104 Å². The number of amides is 1. The second kappa shape index (κ2) is 12.6. The Balaban J connectivity index is 1.01. The number of oxazole rings is 1. The third-order valence-electron chi connectivity index (χ3n) is 8.44. The molecule has 2 atom stereocenters. The van der Waals surface area contributed by atoms with Crippen LogP contribution in [0.25, 0.3) is 27.9 Å². The van der Waals surface area contributed by atoms with E-state index < -0.39 is 11.2 Å². The van der Waals surface area contributed by atoms with Crippen LogP contribution >= 0.6 is 15.9 Å². The molecule has 1 saturated heterocycles. The second-order valence-electron chi connectivity index (χ2n) is 11.8. The molecule has 13 heteroatoms. The number of benzene rings is 3. The van der Waals surface area contributed by atoms with Gasteiger partial charge in [0.25, 0.3) is 11.5 Å². The van der Waals surface area contributed by atoms with Gasteiger partial charge in [0, 0.05) is 47.3 Å². The second-order valence-corrected chi connectivity index (χ2v) is 12.7. The van der Waals surface area contributed by atoms with Gasteiger partial charge in [0.1, 0.15) is 6.54 Å². The number of aromatic amines is 1. The maximum Gasteiger partial charge on any atom is 0.333 e. The molecule has 238 valence electrons. The van der Waals surface area contributed by atoms with Crippen LogP contribution in [-0.4, -0.2) is 70.4 Å². The molecule has 47 heavy (non-hydrogen) atoms. The highest BCUT2D eigenvalue weighted by molar-refractivity contribution is 9.10. The van der Waals surface area contributed by atoms with Gasteiger partial charge in [-0.3, -0.25) is 14.5 Å². The lowest BCUT2D eigenvalue weighted by molar-refractivity contribution is 0.0264. The molecule has 3 aromatic heterocycles. The Hall–Kier alpha value is -5.14. The fraction of sp³-hybridized carbons (Fsp3) is 0.235. The first-order valence-electron chi connectivity index (χ1n) is 15.2. The van der Waals surface area contributed by atoms with Crippen LogP contribution < -0.4 is 11.2 Å². The monoisotopic (exact) mass is 694 g/mol. The molecule has 1 aliphatic rings. The number of rotatable bonds is 7. The van der Waals surface area contributed by atoms with Gasteiger partial charge in [0.15, 0.2) is 5.76 Å². The molecule has 0 spiro atoms. The predicted octanol–water partition coefficient (Wildman–Crippen LogP) is 4.47. The van der Waals surface area contributed by atoms with Crippen molar-refractivity contribution in [2.45, 2.75) is 39.0 Å². The molecule has 1 aliphatic heterocycles. The van der Waals surface area contributed by atoms with Gasteiger partial charge < -0.3 is 14.3 Å². The fourth-order valence-corrected chi connectivity index (χ4v) is 6.55. The molecule has 7 rings (SSSR count). The summed E-state index contributed by atoms with van der Waals surface area (Å²) < 4.78 is 9.72. The van der Waals surface area contributed by atoms with Crippen LogP contribution in [0.4, 0.5) is 0 Å². The van der Waals surface area contributed by atoms with Gasteiger partial charge in [0.2, 0.25) is 5.89 Å². The van der Waals surface area contributed by atoms with Crippen molar-refractivity contribution in [3.05, 3.63) is 128 Å². The standard InChI is InChI=1S/C34H31BrN8O4/c1-21-16-40(32(44)24-11-12-28-29(14-24)37-34(46)43(33(28)45)27-9-4-3-5-10-27)17-22(2)42(21)19-26-18-41(39-38-26)20-31-36-15-30(47-31)23-7-6-8-25(35)13-23/h3-15,18,21-22H,16-17,19-20H2,1-2H3,(H,37,46)/t21-,22+. The lowest BCUT2D eigenvalue weighted by atomic mass is 10.1. The highest BCUT2D eigenvalue weighted by Crippen LogP contribution is 2.25. The molecule has 0 unspecified atom stereocenters. The summed E-state index contributed by atoms with van der Waals surface area (Å²) >= 11 is 3.48. The van der Waals surface area contributed by atoms with E-state index in [4.69, 9.17) is 4.42 Å². The van der Waals surface area contributed by atoms with Crippen molar-refractivity contribution in [1.29, 1.82) is 0 Å². The first kappa shape index (κ1) is 30.5. The molecule has 12 nitrogen and oxygen atoms in total. The number of halogens is 1. The number of carbonyl (C=O) groups excluding carboxylic acids is 1. The number of H-pyrrole nitrogens is 1. The number of aromatic nitrogens is 6. The van der Waals surface area contributed by atoms with E-state index in [1.54, 1.807) is 53.3 Å². The maximum absolute atomic E-state index is 13.6. The molecule has 1 amide bonds. The summed E-state index contributed by atoms with van der Waals surface area (Å²) in [5, 5.41) is 9.00. The van der Waals surface area contributed by atoms with Crippen molar-refractivity contribution in [2.24, 2.45) is 0 Å². The SMILES string of the molecule is C[C@@H]1CN(C(=O)c2ccc3c(=O)n(-c4ccccc4)c(=O)[nH]c3c2)C[C@H](C)N1Cc1cn(Cc2ncc(-c3cccc(Br)c3)o2)nn1. The van der Waals surface area contributed by atoms with E-state index in [1.165, 1.54) is 0 Å². The van der Waals surface area contributed by atoms with Crippen LogP contribution in [-0.2, 0) is 13.1 Å². The molecular weight excluding hydrogens is 664 g/mol. The van der Waals surface area contributed by atoms with Gasteiger partial charge in [-0.1, -0.05) is 51.5 Å². The number of piperazine rings is 1. The summed E-state index contributed by atoms with van der Waals surface area (Å²) in [6.07, 6.45) is 3.60. The van der Waals surface area contributed by atoms with E-state index in [1.807, 2.05) is 41.4 Å². The summed E-state index contributed by atoms with van der Waals surface area (Å²) in [6, 6.07) is 21.5. The summed E-state index contributed by atoms with van der Waals surface area (Å²) in [4.78, 5) is 51.0. The van der Waals surface area contributed by atoms with Crippen molar-refractivity contribution in [3.8, 4) is 17.0 Å². The lowest BCUT2D eigenvalue weighted by Gasteiger charge is -2.44. The van der Waals surface area contributed by atoms with Gasteiger partial charge >= 0.3 is 5.69 Å². The fourth-order valence-electron chi connectivity index (χ4n) is 6.15. The van der Waals surface area contributed by atoms with Crippen LogP contribution in [0.3, 0.4) is 0 Å². The number of fused-ring (bicyclic) bond motifs is 1. The van der Waals surface area contributed by atoms with E-state index in [0.717, 1.165) is 20.3 Å². The molecule has 0 bridgehead atoms. The Labute approximate surface area is 277 Å². The third kappa shape index (κ3) is 6.19. The normalized spacial score (nSPS) is 17.0. The quantitative estimate of drug-likeness (QED) is 0.259. The van der Waals surface area contributed by atoms with Crippen molar-refractivity contribution in [3.63, 3.8) is 0 Å². The Morgan fingerprint density at radius 3 is 2.53 bits per heavy atom. The van der Waals surface area contributed by atoms with Crippen LogP contribution in [0.5, 0.6) is 0 Å². The molecule has 0 saturated carbocycles. The summed E-state index contributed by atoms with van der Waals surface area (Å²) in [5.74, 6) is 1.06. The largest absolute Gasteiger partial charge is 0.439 e. The highest BCUT2D eigenvalue weighted by Gasteiger charge is 2.33. The third-order valence-corrected chi connectivity index (χ3v) is 8.93. The first-order chi connectivity index (χ1) is 22.7. The van der Waals surface area contributed by atoms with Gasteiger partial charge in [-0.2, -0.15) is 0 Å². The van der Waals surface area contributed by atoms with Crippen molar-refractivity contribution in [2.75, 3.05) is 13.1 Å². The number of nitrogens with one attached hydrogen (secondary N) is 1. The highest BCUT2D eigenvalue weighted by atomic mass is 79.9. The minimum atomic E-state index is -0.558. The van der Waals surface area contributed by atoms with E-state index in [0.29, 0.717) is 60.0 Å². The van der Waals surface area contributed by atoms with E-state index in [9.17, 15) is 14.4 Å². The number of para-hydroxylation sites is 1. The summed E-state index contributed by atoms with van der Waals surface area (Å²) in [6.45, 7) is 6.11. The van der Waals surface area contributed by atoms with E-state index >= 15 is 0 Å². The Morgan fingerprint density at radius 1 is 0.979 bits per heavy atom. The van der Waals surface area contributed by atoms with Gasteiger partial charge in [-0.15, -0.1) is 5.10 Å². The zero-order valence-electron chi connectivity index (χ0n) is 25.7. The van der Waals surface area contributed by atoms with Crippen molar-refractivity contribution in [1.82, 2.24) is 39.3 Å². The molecule has 0 radical (unpaired) electrons. The first-order valence-corrected chi connectivity index (χ1v) is 16.0. The zero-order chi connectivity index (χ0) is 32.7. The van der Waals surface area contributed by atoms with Gasteiger partial charge in [-0.25, -0.2) is 19.0 Å². The predicted molar refractivity (Wildman–Crippen MR) is 179 cm³/mol. The molecule has 6 aromatic rings. The van der Waals surface area contributed by atoms with E-state index in [-0.39, 0.29) is 18.0 Å². The average molecular weight is 696 g/mol. The Morgan fingerprint density at radius 2 is 1.77 bits per heavy atom. The Kier molecular flexibility index (Phi) is 8.16. The maximum atomic E-state index is 13.6. The molecule has 1 N–H and O–H groups in total. The molecule has 1 fully saturated rings. The van der Waals surface area contributed by atoms with Gasteiger partial charge in [-0.05, 0) is 56.3 Å². The number of carbonyl (C=O) groups is 1. The topological polar surface area (TPSA) is 135 Å². The van der Waals surface area contributed by atoms with Crippen LogP contribution in [0.2, 0.25) is 0 Å². The Bertz CT molecular complexity index is 2190. The smallest absolute Gasteiger partial charge is 0.333 e. The van der Waals surface area contributed by atoms with Crippen LogP contribution in [0, 0.1) is 0 Å². The van der Waals surface area contributed by atoms with Crippen molar-refractivity contribution >= 4 is 32.7 Å². The molecule has 3 aromatic carbocycles. The number of hydrogen-bond acceptors (Lipinski definition) is 8. The number of nitrogens with zero attached hydrogens (tertiary/aromatic N) is 7. The minimum absolute atomic E-state index is 0.0469. The average Bonchev–Trinajstić information content (AvgIpc) is 3.72. The summed E-state index contributed by atoms with van der Waals surface area (Å²) in [7, 11) is 0. The van der Waals surface area contributed by atoms with Crippen LogP contribution in [0.1, 0.15) is 35.8 Å². The number of hydrogen-bond donors (Lipinski definition) is 1. The molecule has 4 heterocycles.